The van der Waals surface area contributed by atoms with Crippen LogP contribution in [0.4, 0.5) is 17.1 Å². The third-order valence-electron chi connectivity index (χ3n) is 13.0. The van der Waals surface area contributed by atoms with Gasteiger partial charge < -0.3 is 9.88 Å². The van der Waals surface area contributed by atoms with Crippen LogP contribution in [0.1, 0.15) is 49.9 Å². The number of rotatable bonds is 6. The van der Waals surface area contributed by atoms with Gasteiger partial charge in [0.25, 0.3) is 0 Å². The number of aromatic nitrogens is 1. The maximum Gasteiger partial charge on any atom is 0.0544 e. The molecule has 0 unspecified atom stereocenters. The van der Waals surface area contributed by atoms with Gasteiger partial charge in [-0.25, -0.2) is 0 Å². The summed E-state index contributed by atoms with van der Waals surface area (Å²) in [7, 11) is 0. The molecule has 1 N–H and O–H groups in total. The topological polar surface area (TPSA) is 19.0 Å². The molecule has 0 fully saturated rings. The van der Waals surface area contributed by atoms with Crippen LogP contribution in [-0.2, 0) is 10.8 Å². The van der Waals surface area contributed by atoms with Crippen LogP contribution < -0.4 is 4.90 Å². The van der Waals surface area contributed by atoms with E-state index in [2.05, 4.69) is 226 Å². The van der Waals surface area contributed by atoms with Gasteiger partial charge in [-0.15, -0.1) is 0 Å². The molecule has 278 valence electrons. The van der Waals surface area contributed by atoms with Crippen molar-refractivity contribution >= 4 is 28.0 Å². The summed E-state index contributed by atoms with van der Waals surface area (Å²) in [6, 6.07) is 69.4. The van der Waals surface area contributed by atoms with E-state index in [1.54, 1.807) is 0 Å². The van der Waals surface area contributed by atoms with E-state index in [1.807, 2.05) is 0 Å². The number of hydrogen-bond acceptors (Lipinski definition) is 1. The lowest BCUT2D eigenvalue weighted by Crippen LogP contribution is -2.18. The molecule has 0 radical (unpaired) electrons. The minimum absolute atomic E-state index is 0.102. The Labute approximate surface area is 341 Å². The molecule has 0 saturated heterocycles. The third kappa shape index (κ3) is 5.18. The van der Waals surface area contributed by atoms with Crippen molar-refractivity contribution in [1.82, 2.24) is 4.98 Å². The predicted molar refractivity (Wildman–Crippen MR) is 244 cm³/mol. The Morgan fingerprint density at radius 3 is 1.40 bits per heavy atom. The Kier molecular flexibility index (Phi) is 7.59. The predicted octanol–water partition coefficient (Wildman–Crippen LogP) is 15.3. The van der Waals surface area contributed by atoms with Crippen LogP contribution in [0.5, 0.6) is 0 Å². The molecule has 0 bridgehead atoms. The zero-order valence-corrected chi connectivity index (χ0v) is 33.3. The number of nitrogens with zero attached hydrogens (tertiary/aromatic N) is 1. The average molecular weight is 745 g/mol. The molecule has 0 saturated carbocycles. The molecule has 0 aliphatic heterocycles. The quantitative estimate of drug-likeness (QED) is 0.180. The number of aromatic amines is 1. The summed E-state index contributed by atoms with van der Waals surface area (Å²) in [6.07, 6.45) is 0. The number of hydrogen-bond donors (Lipinski definition) is 1. The molecule has 11 rings (SSSR count). The first kappa shape index (κ1) is 34.4. The zero-order chi connectivity index (χ0) is 39.2. The van der Waals surface area contributed by atoms with Gasteiger partial charge in [0, 0.05) is 44.4 Å². The van der Waals surface area contributed by atoms with Crippen molar-refractivity contribution in [2.24, 2.45) is 0 Å². The Morgan fingerprint density at radius 1 is 0.362 bits per heavy atom. The number of benzene rings is 8. The normalized spacial score (nSPS) is 14.1. The SMILES string of the molecule is CC1(C)c2ccccc2-c2ccc(N(c3ccc(-c4ccc5[nH]c(-c6ccccc6)c(-c6ccccc6)c5c4)cc3)c3ccc4c(c3)C(C)(C)c3ccccc3-4)cc21. The standard InChI is InChI=1S/C56H44N2/c1-55(2)48-21-13-11-19-43(48)45-30-28-41(34-50(45)55)58(42-29-31-46-44-20-12-14-22-49(44)56(3,4)51(46)35-42)40-26-23-36(24-27-40)39-25-32-52-47(33-39)53(37-15-7-5-8-16-37)54(57-52)38-17-9-6-10-18-38/h5-35,57H,1-4H3. The molecular weight excluding hydrogens is 701 g/mol. The van der Waals surface area contributed by atoms with Crippen LogP contribution in [0, 0.1) is 0 Å². The van der Waals surface area contributed by atoms with Gasteiger partial charge in [0.15, 0.2) is 0 Å². The van der Waals surface area contributed by atoms with Gasteiger partial charge in [-0.05, 0) is 115 Å². The molecule has 1 aromatic heterocycles. The molecular formula is C56H44N2. The lowest BCUT2D eigenvalue weighted by Gasteiger charge is -2.30. The van der Waals surface area contributed by atoms with Crippen LogP contribution in [-0.4, -0.2) is 4.98 Å². The second-order valence-corrected chi connectivity index (χ2v) is 17.1. The molecule has 2 nitrogen and oxygen atoms in total. The van der Waals surface area contributed by atoms with E-state index in [4.69, 9.17) is 0 Å². The van der Waals surface area contributed by atoms with E-state index < -0.39 is 0 Å². The molecule has 58 heavy (non-hydrogen) atoms. The lowest BCUT2D eigenvalue weighted by molar-refractivity contribution is 0.660. The van der Waals surface area contributed by atoms with Gasteiger partial charge in [-0.2, -0.15) is 0 Å². The molecule has 0 amide bonds. The van der Waals surface area contributed by atoms with Crippen LogP contribution in [0.3, 0.4) is 0 Å². The second-order valence-electron chi connectivity index (χ2n) is 17.1. The Balaban J connectivity index is 1.04. The highest BCUT2D eigenvalue weighted by molar-refractivity contribution is 6.05. The Bertz CT molecular complexity index is 2930. The summed E-state index contributed by atoms with van der Waals surface area (Å²) in [5, 5.41) is 1.22. The van der Waals surface area contributed by atoms with E-state index >= 15 is 0 Å². The van der Waals surface area contributed by atoms with Gasteiger partial charge in [0.2, 0.25) is 0 Å². The summed E-state index contributed by atoms with van der Waals surface area (Å²) in [4.78, 5) is 6.23. The summed E-state index contributed by atoms with van der Waals surface area (Å²) in [6.45, 7) is 9.46. The molecule has 8 aromatic carbocycles. The molecule has 2 aliphatic rings. The molecule has 9 aromatic rings. The van der Waals surface area contributed by atoms with Gasteiger partial charge in [0.05, 0.1) is 5.69 Å². The fourth-order valence-corrected chi connectivity index (χ4v) is 10.0. The van der Waals surface area contributed by atoms with E-state index in [-0.39, 0.29) is 10.8 Å². The van der Waals surface area contributed by atoms with Gasteiger partial charge in [-0.3, -0.25) is 0 Å². The lowest BCUT2D eigenvalue weighted by atomic mass is 9.82. The highest BCUT2D eigenvalue weighted by Gasteiger charge is 2.37. The van der Waals surface area contributed by atoms with Crippen LogP contribution in [0.2, 0.25) is 0 Å². The first-order chi connectivity index (χ1) is 28.3. The number of H-pyrrole nitrogens is 1. The van der Waals surface area contributed by atoms with Crippen molar-refractivity contribution in [1.29, 1.82) is 0 Å². The summed E-state index contributed by atoms with van der Waals surface area (Å²) in [5.41, 5.74) is 22.4. The van der Waals surface area contributed by atoms with E-state index in [0.29, 0.717) is 0 Å². The average Bonchev–Trinajstić information content (AvgIpc) is 3.84. The maximum absolute atomic E-state index is 3.77. The monoisotopic (exact) mass is 744 g/mol. The minimum atomic E-state index is -0.102. The third-order valence-corrected chi connectivity index (χ3v) is 13.0. The molecule has 2 aliphatic carbocycles. The van der Waals surface area contributed by atoms with E-state index in [1.165, 1.54) is 77.7 Å². The first-order valence-corrected chi connectivity index (χ1v) is 20.4. The van der Waals surface area contributed by atoms with Gasteiger partial charge in [0.1, 0.15) is 0 Å². The van der Waals surface area contributed by atoms with Crippen molar-refractivity contribution in [2.45, 2.75) is 38.5 Å². The second kappa shape index (κ2) is 12.8. The summed E-state index contributed by atoms with van der Waals surface area (Å²) < 4.78 is 0. The highest BCUT2D eigenvalue weighted by Crippen LogP contribution is 2.53. The molecule has 0 spiro atoms. The molecule has 2 heteroatoms. The summed E-state index contributed by atoms with van der Waals surface area (Å²) in [5.74, 6) is 0. The smallest absolute Gasteiger partial charge is 0.0544 e. The van der Waals surface area contributed by atoms with Crippen molar-refractivity contribution in [3.05, 3.63) is 210 Å². The van der Waals surface area contributed by atoms with Crippen molar-refractivity contribution < 1.29 is 0 Å². The van der Waals surface area contributed by atoms with Crippen molar-refractivity contribution in [3.63, 3.8) is 0 Å². The fourth-order valence-electron chi connectivity index (χ4n) is 10.0. The highest BCUT2D eigenvalue weighted by atomic mass is 15.1. The maximum atomic E-state index is 3.77. The van der Waals surface area contributed by atoms with Crippen molar-refractivity contribution in [2.75, 3.05) is 4.90 Å². The summed E-state index contributed by atoms with van der Waals surface area (Å²) >= 11 is 0. The Hall–Kier alpha value is -6.90. The molecule has 1 heterocycles. The number of anilines is 3. The first-order valence-electron chi connectivity index (χ1n) is 20.4. The van der Waals surface area contributed by atoms with Crippen LogP contribution >= 0.6 is 0 Å². The molecule has 0 atom stereocenters. The Morgan fingerprint density at radius 2 is 0.828 bits per heavy atom. The minimum Gasteiger partial charge on any atom is -0.354 e. The fraction of sp³-hybridized carbons (Fsp3) is 0.107. The van der Waals surface area contributed by atoms with Crippen molar-refractivity contribution in [3.8, 4) is 55.8 Å². The number of fused-ring (bicyclic) bond motifs is 7. The zero-order valence-electron chi connectivity index (χ0n) is 33.3. The van der Waals surface area contributed by atoms with Crippen LogP contribution in [0.15, 0.2) is 188 Å². The van der Waals surface area contributed by atoms with E-state index in [9.17, 15) is 0 Å². The largest absolute Gasteiger partial charge is 0.354 e. The van der Waals surface area contributed by atoms with E-state index in [0.717, 1.165) is 28.3 Å². The van der Waals surface area contributed by atoms with Crippen LogP contribution in [0.25, 0.3) is 66.7 Å². The number of nitrogens with one attached hydrogen (secondary N) is 1. The van der Waals surface area contributed by atoms with Gasteiger partial charge in [-0.1, -0.05) is 167 Å². The van der Waals surface area contributed by atoms with Gasteiger partial charge >= 0.3 is 0 Å².